The van der Waals surface area contributed by atoms with Crippen LogP contribution in [0.15, 0.2) is 42.6 Å². The number of aromatic carboxylic acids is 1. The number of aromatic nitrogens is 2. The smallest absolute Gasteiger partial charge is 0.356 e. The van der Waals surface area contributed by atoms with Crippen molar-refractivity contribution in [2.24, 2.45) is 0 Å². The first kappa shape index (κ1) is 14.8. The van der Waals surface area contributed by atoms with Crippen LogP contribution in [-0.2, 0) is 6.61 Å². The summed E-state index contributed by atoms with van der Waals surface area (Å²) in [6.45, 7) is 0.0350. The molecule has 0 atom stereocenters. The molecule has 0 aliphatic carbocycles. The molecule has 0 radical (unpaired) electrons. The monoisotopic (exact) mass is 316 g/mol. The molecule has 3 rings (SSSR count). The fraction of sp³-hybridized carbons (Fsp3) is 0.125. The van der Waals surface area contributed by atoms with Crippen molar-refractivity contribution in [3.8, 4) is 11.5 Å². The van der Waals surface area contributed by atoms with Crippen molar-refractivity contribution in [3.05, 3.63) is 59.9 Å². The van der Waals surface area contributed by atoms with Gasteiger partial charge in [0.2, 0.25) is 0 Å². The number of benzene rings is 1. The zero-order chi connectivity index (χ0) is 16.4. The van der Waals surface area contributed by atoms with Crippen molar-refractivity contribution in [2.45, 2.75) is 6.61 Å². The highest BCUT2D eigenvalue weighted by atomic mass is 19.1. The minimum atomic E-state index is -1.15. The highest BCUT2D eigenvalue weighted by Crippen LogP contribution is 2.25. The highest BCUT2D eigenvalue weighted by molar-refractivity contribution is 5.95. The number of pyridine rings is 1. The molecule has 2 heterocycles. The van der Waals surface area contributed by atoms with Crippen LogP contribution in [0.3, 0.4) is 0 Å². The Morgan fingerprint density at radius 2 is 2.04 bits per heavy atom. The number of imidazole rings is 1. The molecule has 23 heavy (non-hydrogen) atoms. The number of nitrogens with zero attached hydrogens (tertiary/aromatic N) is 2. The SMILES string of the molecule is COc1cccn2c(COc3ccc(F)cc3)nc(C(=O)O)c12. The molecule has 118 valence electrons. The maximum atomic E-state index is 12.9. The van der Waals surface area contributed by atoms with Crippen LogP contribution in [0.5, 0.6) is 11.5 Å². The molecule has 6 nitrogen and oxygen atoms in total. The first-order valence-corrected chi connectivity index (χ1v) is 6.75. The van der Waals surface area contributed by atoms with Gasteiger partial charge < -0.3 is 14.6 Å². The summed E-state index contributed by atoms with van der Waals surface area (Å²) in [4.78, 5) is 15.5. The van der Waals surface area contributed by atoms with Crippen molar-refractivity contribution in [1.29, 1.82) is 0 Å². The van der Waals surface area contributed by atoms with Gasteiger partial charge in [0.1, 0.15) is 29.4 Å². The molecule has 2 aromatic heterocycles. The summed E-state index contributed by atoms with van der Waals surface area (Å²) in [6, 6.07) is 8.93. The third-order valence-electron chi connectivity index (χ3n) is 3.30. The van der Waals surface area contributed by atoms with Crippen molar-refractivity contribution in [3.63, 3.8) is 0 Å². The number of carbonyl (C=O) groups is 1. The Morgan fingerprint density at radius 3 is 2.70 bits per heavy atom. The topological polar surface area (TPSA) is 73.1 Å². The molecule has 1 aromatic carbocycles. The third-order valence-corrected chi connectivity index (χ3v) is 3.30. The second-order valence-electron chi connectivity index (χ2n) is 4.72. The number of halogens is 1. The number of hydrogen-bond donors (Lipinski definition) is 1. The second-order valence-corrected chi connectivity index (χ2v) is 4.72. The normalized spacial score (nSPS) is 10.7. The summed E-state index contributed by atoms with van der Waals surface area (Å²) in [6.07, 6.45) is 1.68. The molecule has 3 aromatic rings. The van der Waals surface area contributed by atoms with E-state index in [0.29, 0.717) is 22.8 Å². The molecule has 0 saturated carbocycles. The Kier molecular flexibility index (Phi) is 3.84. The molecule has 0 spiro atoms. The highest BCUT2D eigenvalue weighted by Gasteiger charge is 2.20. The molecule has 0 bridgehead atoms. The molecule has 0 fully saturated rings. The van der Waals surface area contributed by atoms with Crippen molar-refractivity contribution < 1.29 is 23.8 Å². The Bertz CT molecular complexity index is 858. The molecular formula is C16H13FN2O4. The second kappa shape index (κ2) is 5.96. The predicted molar refractivity (Wildman–Crippen MR) is 79.4 cm³/mol. The van der Waals surface area contributed by atoms with Gasteiger partial charge in [0.05, 0.1) is 7.11 Å². The van der Waals surface area contributed by atoms with Gasteiger partial charge in [-0.25, -0.2) is 14.2 Å². The van der Waals surface area contributed by atoms with Crippen LogP contribution in [0.4, 0.5) is 4.39 Å². The lowest BCUT2D eigenvalue weighted by Crippen LogP contribution is -2.01. The maximum Gasteiger partial charge on any atom is 0.356 e. The number of hydrogen-bond acceptors (Lipinski definition) is 4. The zero-order valence-corrected chi connectivity index (χ0v) is 12.2. The lowest BCUT2D eigenvalue weighted by molar-refractivity contribution is 0.0692. The fourth-order valence-corrected chi connectivity index (χ4v) is 2.26. The Morgan fingerprint density at radius 1 is 1.30 bits per heavy atom. The van der Waals surface area contributed by atoms with Gasteiger partial charge in [0, 0.05) is 6.20 Å². The van der Waals surface area contributed by atoms with E-state index in [1.165, 1.54) is 31.4 Å². The summed E-state index contributed by atoms with van der Waals surface area (Å²) in [7, 11) is 1.46. The van der Waals surface area contributed by atoms with Crippen LogP contribution >= 0.6 is 0 Å². The van der Waals surface area contributed by atoms with E-state index < -0.39 is 5.97 Å². The van der Waals surface area contributed by atoms with E-state index in [2.05, 4.69) is 4.98 Å². The van der Waals surface area contributed by atoms with Crippen LogP contribution in [-0.4, -0.2) is 27.6 Å². The van der Waals surface area contributed by atoms with E-state index in [4.69, 9.17) is 9.47 Å². The summed E-state index contributed by atoms with van der Waals surface area (Å²) in [5.41, 5.74) is 0.250. The summed E-state index contributed by atoms with van der Waals surface area (Å²) >= 11 is 0. The summed E-state index contributed by atoms with van der Waals surface area (Å²) in [5, 5.41) is 9.32. The summed E-state index contributed by atoms with van der Waals surface area (Å²) < 4.78 is 25.2. The standard InChI is InChI=1S/C16H13FN2O4/c1-22-12-3-2-8-19-13(18-14(15(12)19)16(20)21)9-23-11-6-4-10(17)5-7-11/h2-8H,9H2,1H3,(H,20,21). The largest absolute Gasteiger partial charge is 0.494 e. The van der Waals surface area contributed by atoms with Crippen molar-refractivity contribution in [1.82, 2.24) is 9.38 Å². The van der Waals surface area contributed by atoms with Crippen molar-refractivity contribution >= 4 is 11.5 Å². The van der Waals surface area contributed by atoms with E-state index in [0.717, 1.165) is 0 Å². The minimum Gasteiger partial charge on any atom is -0.494 e. The van der Waals surface area contributed by atoms with Gasteiger partial charge >= 0.3 is 5.97 Å². The molecule has 0 aliphatic rings. The van der Waals surface area contributed by atoms with Gasteiger partial charge in [-0.2, -0.15) is 0 Å². The third kappa shape index (κ3) is 2.80. The Balaban J connectivity index is 1.97. The molecule has 7 heteroatoms. The summed E-state index contributed by atoms with van der Waals surface area (Å²) in [5.74, 6) is -0.240. The Labute approximate surface area is 130 Å². The first-order chi connectivity index (χ1) is 11.1. The van der Waals surface area contributed by atoms with Gasteiger partial charge in [-0.15, -0.1) is 0 Å². The van der Waals surface area contributed by atoms with E-state index in [1.807, 2.05) is 0 Å². The number of ether oxygens (including phenoxy) is 2. The minimum absolute atomic E-state index is 0.0350. The lowest BCUT2D eigenvalue weighted by Gasteiger charge is -2.07. The average Bonchev–Trinajstić information content (AvgIpc) is 2.93. The fourth-order valence-electron chi connectivity index (χ4n) is 2.26. The van der Waals surface area contributed by atoms with E-state index >= 15 is 0 Å². The molecule has 0 aliphatic heterocycles. The number of methoxy groups -OCH3 is 1. The average molecular weight is 316 g/mol. The van der Waals surface area contributed by atoms with Crippen LogP contribution in [0.2, 0.25) is 0 Å². The van der Waals surface area contributed by atoms with Crippen LogP contribution < -0.4 is 9.47 Å². The molecular weight excluding hydrogens is 303 g/mol. The van der Waals surface area contributed by atoms with Gasteiger partial charge in [-0.1, -0.05) is 0 Å². The van der Waals surface area contributed by atoms with E-state index in [9.17, 15) is 14.3 Å². The van der Waals surface area contributed by atoms with Gasteiger partial charge in [-0.3, -0.25) is 4.40 Å². The van der Waals surface area contributed by atoms with Crippen LogP contribution in [0, 0.1) is 5.82 Å². The van der Waals surface area contributed by atoms with E-state index in [-0.39, 0.29) is 18.1 Å². The van der Waals surface area contributed by atoms with Crippen LogP contribution in [0.1, 0.15) is 16.3 Å². The zero-order valence-electron chi connectivity index (χ0n) is 12.2. The van der Waals surface area contributed by atoms with Crippen molar-refractivity contribution in [2.75, 3.05) is 7.11 Å². The number of rotatable bonds is 5. The molecule has 0 saturated heterocycles. The Hall–Kier alpha value is -3.09. The molecule has 1 N–H and O–H groups in total. The lowest BCUT2D eigenvalue weighted by atomic mass is 10.3. The number of carboxylic acids is 1. The van der Waals surface area contributed by atoms with Crippen LogP contribution in [0.25, 0.3) is 5.52 Å². The van der Waals surface area contributed by atoms with Gasteiger partial charge in [-0.05, 0) is 36.4 Å². The quantitative estimate of drug-likeness (QED) is 0.783. The van der Waals surface area contributed by atoms with Gasteiger partial charge in [0.25, 0.3) is 0 Å². The molecule has 0 amide bonds. The van der Waals surface area contributed by atoms with E-state index in [1.54, 1.807) is 22.7 Å². The first-order valence-electron chi connectivity index (χ1n) is 6.75. The van der Waals surface area contributed by atoms with Gasteiger partial charge in [0.15, 0.2) is 11.5 Å². The maximum absolute atomic E-state index is 12.9. The number of fused-ring (bicyclic) bond motifs is 1. The molecule has 0 unspecified atom stereocenters. The predicted octanol–water partition coefficient (Wildman–Crippen LogP) is 2.76. The number of carboxylic acid groups (broad SMARTS) is 1.